The molecular weight excluding hydrogens is 306 g/mol. The fourth-order valence-corrected chi connectivity index (χ4v) is 4.86. The summed E-state index contributed by atoms with van der Waals surface area (Å²) in [6.45, 7) is 3.39. The number of carbonyl (C=O) groups excluding carboxylic acids is 1. The van der Waals surface area contributed by atoms with Crippen molar-refractivity contribution in [3.05, 3.63) is 52.9 Å². The van der Waals surface area contributed by atoms with E-state index in [2.05, 4.69) is 5.32 Å². The standard InChI is InChI=1S/C15H17NO3S2/c1-11-5-7-13(8-6-11)14(10-16-12(2)17)21(18,19)15-4-3-9-20-15/h3-9,14H,10H2,1-2H3,(H,16,17)/t14-/m1/s1. The van der Waals surface area contributed by atoms with Crippen molar-refractivity contribution in [1.82, 2.24) is 5.32 Å². The third kappa shape index (κ3) is 3.71. The Bertz CT molecular complexity index is 704. The van der Waals surface area contributed by atoms with Crippen molar-refractivity contribution in [2.45, 2.75) is 23.3 Å². The molecule has 4 nitrogen and oxygen atoms in total. The third-order valence-electron chi connectivity index (χ3n) is 3.14. The summed E-state index contributed by atoms with van der Waals surface area (Å²) in [4.78, 5) is 11.1. The molecule has 0 unspecified atom stereocenters. The van der Waals surface area contributed by atoms with Crippen molar-refractivity contribution in [3.63, 3.8) is 0 Å². The zero-order valence-electron chi connectivity index (χ0n) is 11.9. The summed E-state index contributed by atoms with van der Waals surface area (Å²) in [5, 5.41) is 3.57. The van der Waals surface area contributed by atoms with Crippen LogP contribution in [0.3, 0.4) is 0 Å². The van der Waals surface area contributed by atoms with Gasteiger partial charge in [0.05, 0.1) is 0 Å². The maximum Gasteiger partial charge on any atom is 0.216 e. The molecule has 0 saturated heterocycles. The number of sulfone groups is 1. The molecule has 2 rings (SSSR count). The van der Waals surface area contributed by atoms with Crippen LogP contribution in [0.25, 0.3) is 0 Å². The minimum atomic E-state index is -3.52. The van der Waals surface area contributed by atoms with Gasteiger partial charge in [0.25, 0.3) is 0 Å². The maximum atomic E-state index is 12.8. The van der Waals surface area contributed by atoms with Crippen LogP contribution >= 0.6 is 11.3 Å². The molecule has 0 fully saturated rings. The normalized spacial score (nSPS) is 12.9. The number of benzene rings is 1. The van der Waals surface area contributed by atoms with Gasteiger partial charge >= 0.3 is 0 Å². The fourth-order valence-electron chi connectivity index (χ4n) is 1.99. The van der Waals surface area contributed by atoms with E-state index in [9.17, 15) is 13.2 Å². The molecule has 1 amide bonds. The van der Waals surface area contributed by atoms with Crippen LogP contribution in [0.15, 0.2) is 46.0 Å². The van der Waals surface area contributed by atoms with Crippen LogP contribution in [0.5, 0.6) is 0 Å². The molecular formula is C15H17NO3S2. The molecule has 0 aliphatic heterocycles. The average molecular weight is 323 g/mol. The second-order valence-corrected chi connectivity index (χ2v) is 8.12. The number of hydrogen-bond acceptors (Lipinski definition) is 4. The highest BCUT2D eigenvalue weighted by Gasteiger charge is 2.30. The number of rotatable bonds is 5. The van der Waals surface area contributed by atoms with Crippen LogP contribution in [0.4, 0.5) is 0 Å². The van der Waals surface area contributed by atoms with Gasteiger partial charge in [-0.2, -0.15) is 0 Å². The predicted molar refractivity (Wildman–Crippen MR) is 84.1 cm³/mol. The van der Waals surface area contributed by atoms with Crippen molar-refractivity contribution < 1.29 is 13.2 Å². The number of hydrogen-bond donors (Lipinski definition) is 1. The van der Waals surface area contributed by atoms with Crippen LogP contribution in [-0.4, -0.2) is 20.9 Å². The van der Waals surface area contributed by atoms with E-state index in [-0.39, 0.29) is 12.5 Å². The molecule has 1 atom stereocenters. The van der Waals surface area contributed by atoms with Gasteiger partial charge < -0.3 is 5.32 Å². The van der Waals surface area contributed by atoms with E-state index < -0.39 is 15.1 Å². The lowest BCUT2D eigenvalue weighted by Gasteiger charge is -2.18. The van der Waals surface area contributed by atoms with E-state index >= 15 is 0 Å². The number of carbonyl (C=O) groups is 1. The summed E-state index contributed by atoms with van der Waals surface area (Å²) in [6.07, 6.45) is 0. The molecule has 0 bridgehead atoms. The molecule has 112 valence electrons. The first-order valence-electron chi connectivity index (χ1n) is 6.49. The van der Waals surface area contributed by atoms with E-state index in [1.807, 2.05) is 19.1 Å². The lowest BCUT2D eigenvalue weighted by molar-refractivity contribution is -0.118. The van der Waals surface area contributed by atoms with Gasteiger partial charge in [0.15, 0.2) is 9.84 Å². The highest BCUT2D eigenvalue weighted by atomic mass is 32.2. The maximum absolute atomic E-state index is 12.8. The number of thiophene rings is 1. The molecule has 0 aliphatic rings. The minimum absolute atomic E-state index is 0.0681. The van der Waals surface area contributed by atoms with Gasteiger partial charge in [0.1, 0.15) is 9.46 Å². The van der Waals surface area contributed by atoms with Gasteiger partial charge in [0.2, 0.25) is 5.91 Å². The van der Waals surface area contributed by atoms with E-state index in [0.717, 1.165) is 5.56 Å². The lowest BCUT2D eigenvalue weighted by Crippen LogP contribution is -2.30. The van der Waals surface area contributed by atoms with Crippen LogP contribution in [0.2, 0.25) is 0 Å². The average Bonchev–Trinajstić information content (AvgIpc) is 2.95. The SMILES string of the molecule is CC(=O)NC[C@H](c1ccc(C)cc1)S(=O)(=O)c1cccs1. The summed E-state index contributed by atoms with van der Waals surface area (Å²) in [7, 11) is -3.52. The Morgan fingerprint density at radius 2 is 1.90 bits per heavy atom. The van der Waals surface area contributed by atoms with Crippen molar-refractivity contribution in [2.24, 2.45) is 0 Å². The van der Waals surface area contributed by atoms with Crippen LogP contribution in [-0.2, 0) is 14.6 Å². The first-order valence-corrected chi connectivity index (χ1v) is 8.92. The van der Waals surface area contributed by atoms with Crippen molar-refractivity contribution >= 4 is 27.1 Å². The van der Waals surface area contributed by atoms with E-state index in [4.69, 9.17) is 0 Å². The molecule has 6 heteroatoms. The molecule has 21 heavy (non-hydrogen) atoms. The summed E-state index contributed by atoms with van der Waals surface area (Å²) in [6, 6.07) is 10.6. The monoisotopic (exact) mass is 323 g/mol. The third-order valence-corrected chi connectivity index (χ3v) is 6.67. The molecule has 0 saturated carbocycles. The van der Waals surface area contributed by atoms with E-state index in [1.54, 1.807) is 29.6 Å². The lowest BCUT2D eigenvalue weighted by atomic mass is 10.1. The largest absolute Gasteiger partial charge is 0.355 e. The first-order chi connectivity index (χ1) is 9.91. The summed E-state index contributed by atoms with van der Waals surface area (Å²) < 4.78 is 25.8. The van der Waals surface area contributed by atoms with Gasteiger partial charge in [-0.15, -0.1) is 11.3 Å². The van der Waals surface area contributed by atoms with E-state index in [1.165, 1.54) is 18.3 Å². The first kappa shape index (κ1) is 15.7. The highest BCUT2D eigenvalue weighted by Crippen LogP contribution is 2.31. The summed E-state index contributed by atoms with van der Waals surface area (Å²) in [5.41, 5.74) is 1.74. The Morgan fingerprint density at radius 1 is 1.24 bits per heavy atom. The molecule has 1 N–H and O–H groups in total. The van der Waals surface area contributed by atoms with Gasteiger partial charge in [-0.05, 0) is 23.9 Å². The van der Waals surface area contributed by atoms with Gasteiger partial charge in [-0.25, -0.2) is 8.42 Å². The minimum Gasteiger partial charge on any atom is -0.355 e. The fraction of sp³-hybridized carbons (Fsp3) is 0.267. The summed E-state index contributed by atoms with van der Waals surface area (Å²) in [5.74, 6) is -0.242. The smallest absolute Gasteiger partial charge is 0.216 e. The predicted octanol–water partition coefficient (Wildman–Crippen LogP) is 2.71. The van der Waals surface area contributed by atoms with Crippen LogP contribution in [0, 0.1) is 6.92 Å². The van der Waals surface area contributed by atoms with Gasteiger partial charge in [-0.1, -0.05) is 35.9 Å². The number of nitrogens with one attached hydrogen (secondary N) is 1. The molecule has 0 spiro atoms. The zero-order chi connectivity index (χ0) is 15.5. The van der Waals surface area contributed by atoms with Gasteiger partial charge in [-0.3, -0.25) is 4.79 Å². The van der Waals surface area contributed by atoms with E-state index in [0.29, 0.717) is 9.77 Å². The van der Waals surface area contributed by atoms with Crippen molar-refractivity contribution in [3.8, 4) is 0 Å². The molecule has 0 aliphatic carbocycles. The van der Waals surface area contributed by atoms with Crippen molar-refractivity contribution in [1.29, 1.82) is 0 Å². The molecule has 1 heterocycles. The second-order valence-electron chi connectivity index (χ2n) is 4.81. The molecule has 2 aromatic rings. The topological polar surface area (TPSA) is 63.2 Å². The van der Waals surface area contributed by atoms with Gasteiger partial charge in [0, 0.05) is 13.5 Å². The molecule has 1 aromatic carbocycles. The Balaban J connectivity index is 2.41. The second kappa shape index (κ2) is 6.41. The Kier molecular flexibility index (Phi) is 4.80. The highest BCUT2D eigenvalue weighted by molar-refractivity contribution is 7.93. The molecule has 1 aromatic heterocycles. The van der Waals surface area contributed by atoms with Crippen molar-refractivity contribution in [2.75, 3.05) is 6.54 Å². The zero-order valence-corrected chi connectivity index (χ0v) is 13.5. The Morgan fingerprint density at radius 3 is 2.43 bits per heavy atom. The van der Waals surface area contributed by atoms with Crippen LogP contribution < -0.4 is 5.32 Å². The summed E-state index contributed by atoms with van der Waals surface area (Å²) >= 11 is 1.19. The Hall–Kier alpha value is -1.66. The number of aryl methyl sites for hydroxylation is 1. The number of amides is 1. The molecule has 0 radical (unpaired) electrons. The Labute approximate surface area is 128 Å². The van der Waals surface area contributed by atoms with Crippen LogP contribution in [0.1, 0.15) is 23.3 Å². The quantitative estimate of drug-likeness (QED) is 0.920.